The summed E-state index contributed by atoms with van der Waals surface area (Å²) in [5, 5.41) is 0. The number of carbonyl (C=O) groups excluding carboxylic acids is 1. The largest absolute Gasteiger partial charge is 0.298 e. The van der Waals surface area contributed by atoms with Crippen LogP contribution in [-0.4, -0.2) is 5.78 Å². The molecule has 1 aromatic carbocycles. The second-order valence-corrected chi connectivity index (χ2v) is 4.11. The summed E-state index contributed by atoms with van der Waals surface area (Å²) in [6, 6.07) is 9.84. The lowest BCUT2D eigenvalue weighted by molar-refractivity contribution is -0.121. The Kier molecular flexibility index (Phi) is 3.62. The molecule has 1 aromatic rings. The maximum Gasteiger partial charge on any atom is 0.146 e. The van der Waals surface area contributed by atoms with Gasteiger partial charge < -0.3 is 0 Å². The zero-order chi connectivity index (χ0) is 9.84. The first kappa shape index (κ1) is 10.4. The van der Waals surface area contributed by atoms with Crippen molar-refractivity contribution in [2.45, 2.75) is 19.5 Å². The molecule has 0 heterocycles. The molecule has 2 atom stereocenters. The Morgan fingerprint density at radius 1 is 1.23 bits per heavy atom. The molecule has 13 heavy (non-hydrogen) atoms. The molecule has 1 nitrogen and oxygen atoms in total. The van der Waals surface area contributed by atoms with Crippen LogP contribution in [0.25, 0.3) is 0 Å². The maximum atomic E-state index is 11.6. The first-order chi connectivity index (χ1) is 6.13. The Labute approximate surface area is 81.7 Å². The molecule has 0 amide bonds. The maximum absolute atomic E-state index is 11.6. The van der Waals surface area contributed by atoms with Crippen LogP contribution in [0, 0.1) is 5.92 Å². The fourth-order valence-electron chi connectivity index (χ4n) is 1.18. The Balaban J connectivity index is 2.80. The number of hydrogen-bond donors (Lipinski definition) is 0. The van der Waals surface area contributed by atoms with E-state index in [4.69, 9.17) is 0 Å². The fraction of sp³-hybridized carbons (Fsp3) is 0.364. The summed E-state index contributed by atoms with van der Waals surface area (Å²) in [6.45, 7) is 3.87. The minimum absolute atomic E-state index is 0.0544. The van der Waals surface area contributed by atoms with Crippen molar-refractivity contribution in [3.63, 3.8) is 0 Å². The van der Waals surface area contributed by atoms with Gasteiger partial charge in [-0.1, -0.05) is 44.2 Å². The lowest BCUT2D eigenvalue weighted by Gasteiger charge is -2.12. The third-order valence-electron chi connectivity index (χ3n) is 2.03. The highest BCUT2D eigenvalue weighted by Gasteiger charge is 2.17. The van der Waals surface area contributed by atoms with E-state index < -0.39 is 0 Å². The SMILES string of the molecule is CC(C)C(=O)C(P)c1ccccc1. The van der Waals surface area contributed by atoms with E-state index in [1.807, 2.05) is 44.2 Å². The molecular weight excluding hydrogens is 179 g/mol. The molecule has 1 rings (SSSR count). The predicted molar refractivity (Wildman–Crippen MR) is 58.7 cm³/mol. The molecule has 0 aliphatic carbocycles. The number of ketones is 1. The van der Waals surface area contributed by atoms with Gasteiger partial charge in [-0.3, -0.25) is 4.79 Å². The third-order valence-corrected chi connectivity index (χ3v) is 2.75. The number of rotatable bonds is 3. The van der Waals surface area contributed by atoms with Crippen molar-refractivity contribution in [1.29, 1.82) is 0 Å². The highest BCUT2D eigenvalue weighted by atomic mass is 31.0. The van der Waals surface area contributed by atoms with E-state index in [2.05, 4.69) is 9.24 Å². The predicted octanol–water partition coefficient (Wildman–Crippen LogP) is 2.83. The van der Waals surface area contributed by atoms with E-state index in [9.17, 15) is 4.79 Å². The average molecular weight is 194 g/mol. The fourth-order valence-corrected chi connectivity index (χ4v) is 1.79. The Morgan fingerprint density at radius 2 is 1.77 bits per heavy atom. The number of carbonyl (C=O) groups is 1. The van der Waals surface area contributed by atoms with Gasteiger partial charge in [0.2, 0.25) is 0 Å². The van der Waals surface area contributed by atoms with Gasteiger partial charge in [0.15, 0.2) is 0 Å². The molecule has 0 N–H and O–H groups in total. The molecule has 0 aliphatic rings. The first-order valence-electron chi connectivity index (χ1n) is 4.47. The van der Waals surface area contributed by atoms with Crippen LogP contribution in [0.2, 0.25) is 0 Å². The molecule has 70 valence electrons. The minimum Gasteiger partial charge on any atom is -0.298 e. The number of Topliss-reactive ketones (excluding diaryl/α,β-unsaturated/α-hetero) is 1. The van der Waals surface area contributed by atoms with Crippen LogP contribution in [0.5, 0.6) is 0 Å². The molecule has 2 unspecified atom stereocenters. The van der Waals surface area contributed by atoms with Crippen molar-refractivity contribution in [3.8, 4) is 0 Å². The average Bonchev–Trinajstić information content (AvgIpc) is 2.17. The first-order valence-corrected chi connectivity index (χ1v) is 5.14. The number of benzene rings is 1. The van der Waals surface area contributed by atoms with Crippen LogP contribution < -0.4 is 0 Å². The van der Waals surface area contributed by atoms with Crippen molar-refractivity contribution in [3.05, 3.63) is 35.9 Å². The van der Waals surface area contributed by atoms with Gasteiger partial charge in [0.05, 0.1) is 5.66 Å². The van der Waals surface area contributed by atoms with Crippen LogP contribution in [0.1, 0.15) is 25.1 Å². The summed E-state index contributed by atoms with van der Waals surface area (Å²) in [6.07, 6.45) is 0. The van der Waals surface area contributed by atoms with Gasteiger partial charge in [-0.15, -0.1) is 9.24 Å². The van der Waals surface area contributed by atoms with Gasteiger partial charge in [-0.2, -0.15) is 0 Å². The summed E-state index contributed by atoms with van der Waals surface area (Å²) in [4.78, 5) is 11.6. The lowest BCUT2D eigenvalue weighted by atomic mass is 10.0. The highest BCUT2D eigenvalue weighted by Crippen LogP contribution is 2.26. The minimum atomic E-state index is -0.0544. The normalized spacial score (nSPS) is 12.9. The van der Waals surface area contributed by atoms with Crippen molar-refractivity contribution >= 4 is 15.0 Å². The van der Waals surface area contributed by atoms with Gasteiger partial charge in [-0.25, -0.2) is 0 Å². The van der Waals surface area contributed by atoms with E-state index in [0.717, 1.165) is 5.56 Å². The van der Waals surface area contributed by atoms with Crippen molar-refractivity contribution in [2.75, 3.05) is 0 Å². The summed E-state index contributed by atoms with van der Waals surface area (Å²) in [5.74, 6) is 0.374. The Bertz CT molecular complexity index is 279. The van der Waals surface area contributed by atoms with Gasteiger partial charge in [0, 0.05) is 5.92 Å². The quantitative estimate of drug-likeness (QED) is 0.676. The van der Waals surface area contributed by atoms with Gasteiger partial charge in [0.25, 0.3) is 0 Å². The molecular formula is C11H15OP. The topological polar surface area (TPSA) is 17.1 Å². The van der Waals surface area contributed by atoms with E-state index in [-0.39, 0.29) is 17.4 Å². The molecule has 0 radical (unpaired) electrons. The van der Waals surface area contributed by atoms with Gasteiger partial charge in [0.1, 0.15) is 5.78 Å². The lowest BCUT2D eigenvalue weighted by Crippen LogP contribution is -2.12. The van der Waals surface area contributed by atoms with Crippen LogP contribution in [0.3, 0.4) is 0 Å². The van der Waals surface area contributed by atoms with Crippen LogP contribution in [0.4, 0.5) is 0 Å². The molecule has 0 saturated carbocycles. The van der Waals surface area contributed by atoms with E-state index >= 15 is 0 Å². The summed E-state index contributed by atoms with van der Waals surface area (Å²) in [7, 11) is 2.61. The molecule has 0 aliphatic heterocycles. The second-order valence-electron chi connectivity index (χ2n) is 3.45. The van der Waals surface area contributed by atoms with Crippen molar-refractivity contribution in [2.24, 2.45) is 5.92 Å². The van der Waals surface area contributed by atoms with E-state index in [0.29, 0.717) is 0 Å². The molecule has 0 spiro atoms. The second kappa shape index (κ2) is 4.53. The van der Waals surface area contributed by atoms with Crippen LogP contribution >= 0.6 is 9.24 Å². The monoisotopic (exact) mass is 194 g/mol. The van der Waals surface area contributed by atoms with E-state index in [1.54, 1.807) is 0 Å². The smallest absolute Gasteiger partial charge is 0.146 e. The zero-order valence-electron chi connectivity index (χ0n) is 8.03. The summed E-state index contributed by atoms with van der Waals surface area (Å²) in [5.41, 5.74) is 1.02. The molecule has 2 heteroatoms. The van der Waals surface area contributed by atoms with E-state index in [1.165, 1.54) is 0 Å². The van der Waals surface area contributed by atoms with Crippen molar-refractivity contribution < 1.29 is 4.79 Å². The Morgan fingerprint density at radius 3 is 2.23 bits per heavy atom. The standard InChI is InChI=1S/C11H15OP/c1-8(2)10(12)11(13)9-6-4-3-5-7-9/h3-8,11H,13H2,1-2H3. The zero-order valence-corrected chi connectivity index (χ0v) is 9.18. The van der Waals surface area contributed by atoms with Crippen LogP contribution in [0.15, 0.2) is 30.3 Å². The third kappa shape index (κ3) is 2.63. The molecule has 0 fully saturated rings. The summed E-state index contributed by atoms with van der Waals surface area (Å²) >= 11 is 0. The summed E-state index contributed by atoms with van der Waals surface area (Å²) < 4.78 is 0. The number of hydrogen-bond acceptors (Lipinski definition) is 1. The van der Waals surface area contributed by atoms with Crippen molar-refractivity contribution in [1.82, 2.24) is 0 Å². The van der Waals surface area contributed by atoms with Gasteiger partial charge in [-0.05, 0) is 5.56 Å². The van der Waals surface area contributed by atoms with Crippen LogP contribution in [-0.2, 0) is 4.79 Å². The molecule has 0 bridgehead atoms. The molecule has 0 aromatic heterocycles. The molecule has 0 saturated heterocycles. The Hall–Kier alpha value is -0.680. The van der Waals surface area contributed by atoms with Gasteiger partial charge >= 0.3 is 0 Å². The highest BCUT2D eigenvalue weighted by molar-refractivity contribution is 7.19.